The fraction of sp³-hybridized carbons (Fsp3) is 0.353. The maximum absolute atomic E-state index is 11.6. The second-order valence-corrected chi connectivity index (χ2v) is 11.2. The van der Waals surface area contributed by atoms with E-state index >= 15 is 0 Å². The smallest absolute Gasteiger partial charge is 0.405 e. The van der Waals surface area contributed by atoms with Gasteiger partial charge in [0.05, 0.1) is 29.3 Å². The Balaban J connectivity index is 1.10. The number of ether oxygens (including phenoxy) is 1. The molecule has 0 aliphatic rings. The van der Waals surface area contributed by atoms with Crippen molar-refractivity contribution in [3.05, 3.63) is 105 Å². The fourth-order valence-electron chi connectivity index (χ4n) is 5.29. The molecule has 0 aliphatic heterocycles. The molecule has 3 aromatic carbocycles. The summed E-state index contributed by atoms with van der Waals surface area (Å²) in [6.07, 6.45) is 5.54. The maximum Gasteiger partial charge on any atom is 0.405 e. The number of hydrogen-bond donors (Lipinski definition) is 6. The van der Waals surface area contributed by atoms with Crippen LogP contribution in [0.4, 0.5) is 4.79 Å². The van der Waals surface area contributed by atoms with E-state index in [-0.39, 0.29) is 11.3 Å². The number of aliphatic hydroxyl groups excluding tert-OH is 1. The number of aromatic amines is 1. The highest BCUT2D eigenvalue weighted by Gasteiger charge is 2.21. The first kappa shape index (κ1) is 32.9. The van der Waals surface area contributed by atoms with E-state index in [9.17, 15) is 24.9 Å². The molecule has 44 heavy (non-hydrogen) atoms. The normalized spacial score (nSPS) is 12.6. The number of phenolic OH excluding ortho intramolecular Hbond substituents is 1. The molecule has 1 unspecified atom stereocenters. The summed E-state index contributed by atoms with van der Waals surface area (Å²) in [6.45, 7) is 1.71. The number of amides is 1. The zero-order valence-corrected chi connectivity index (χ0v) is 25.4. The van der Waals surface area contributed by atoms with Crippen LogP contribution >= 0.6 is 11.6 Å². The number of carbonyl (C=O) groups is 1. The van der Waals surface area contributed by atoms with Gasteiger partial charge in [0.25, 0.3) is 0 Å². The number of halogens is 1. The van der Waals surface area contributed by atoms with Crippen molar-refractivity contribution in [2.75, 3.05) is 19.7 Å². The second-order valence-electron chi connectivity index (χ2n) is 10.8. The molecule has 9 nitrogen and oxygen atoms in total. The fourth-order valence-corrected chi connectivity index (χ4v) is 5.58. The van der Waals surface area contributed by atoms with Gasteiger partial charge in [-0.1, -0.05) is 92.2 Å². The Morgan fingerprint density at radius 1 is 0.864 bits per heavy atom. The molecule has 10 heteroatoms. The lowest BCUT2D eigenvalue weighted by Gasteiger charge is -2.20. The highest BCUT2D eigenvalue weighted by molar-refractivity contribution is 6.33. The number of carboxylic acid groups (broad SMARTS) is 1. The van der Waals surface area contributed by atoms with E-state index in [1.165, 1.54) is 12.1 Å². The van der Waals surface area contributed by atoms with Crippen molar-refractivity contribution >= 4 is 28.6 Å². The third-order valence-corrected chi connectivity index (χ3v) is 7.97. The number of phenols is 1. The van der Waals surface area contributed by atoms with Crippen LogP contribution < -0.4 is 20.9 Å². The number of benzene rings is 3. The lowest BCUT2D eigenvalue weighted by Crippen LogP contribution is -2.27. The van der Waals surface area contributed by atoms with E-state index in [0.717, 1.165) is 57.1 Å². The lowest BCUT2D eigenvalue weighted by molar-refractivity contribution is 0.176. The number of H-pyrrole nitrogens is 1. The maximum atomic E-state index is 11.6. The average Bonchev–Trinajstić information content (AvgIpc) is 3.02. The predicted octanol–water partition coefficient (Wildman–Crippen LogP) is 6.68. The molecule has 2 atom stereocenters. The molecule has 0 radical (unpaired) electrons. The minimum Gasteiger partial charge on any atom is -0.506 e. The molecule has 0 spiro atoms. The summed E-state index contributed by atoms with van der Waals surface area (Å²) in [5, 5.41) is 36.9. The summed E-state index contributed by atoms with van der Waals surface area (Å²) in [4.78, 5) is 25.7. The molecule has 1 heterocycles. The molecule has 0 saturated carbocycles. The predicted molar refractivity (Wildman–Crippen MR) is 173 cm³/mol. The van der Waals surface area contributed by atoms with Crippen molar-refractivity contribution in [3.63, 3.8) is 0 Å². The van der Waals surface area contributed by atoms with Crippen LogP contribution in [0.3, 0.4) is 0 Å². The third kappa shape index (κ3) is 9.22. The second kappa shape index (κ2) is 16.7. The van der Waals surface area contributed by atoms with Crippen LogP contribution in [-0.2, 0) is 0 Å². The Morgan fingerprint density at radius 2 is 1.59 bits per heavy atom. The summed E-state index contributed by atoms with van der Waals surface area (Å²) in [7, 11) is 0. The molecular weight excluding hydrogens is 582 g/mol. The summed E-state index contributed by atoms with van der Waals surface area (Å²) in [5.74, 6) is 0.525. The first-order chi connectivity index (χ1) is 21.3. The highest BCUT2D eigenvalue weighted by atomic mass is 35.5. The topological polar surface area (TPSA) is 144 Å². The van der Waals surface area contributed by atoms with Gasteiger partial charge in [-0.15, -0.1) is 0 Å². The number of hydrogen-bond acceptors (Lipinski definition) is 6. The van der Waals surface area contributed by atoms with Crippen LogP contribution in [0.1, 0.15) is 73.8 Å². The van der Waals surface area contributed by atoms with E-state index in [1.807, 2.05) is 42.5 Å². The first-order valence-corrected chi connectivity index (χ1v) is 15.4. The van der Waals surface area contributed by atoms with E-state index in [0.29, 0.717) is 46.0 Å². The van der Waals surface area contributed by atoms with E-state index in [4.69, 9.17) is 16.3 Å². The first-order valence-electron chi connectivity index (χ1n) is 15.0. The van der Waals surface area contributed by atoms with Crippen LogP contribution in [0.5, 0.6) is 11.5 Å². The monoisotopic (exact) mass is 621 g/mol. The van der Waals surface area contributed by atoms with Gasteiger partial charge in [-0.05, 0) is 48.7 Å². The molecule has 6 N–H and O–H groups in total. The average molecular weight is 622 g/mol. The number of aromatic hydroxyl groups is 1. The quantitative estimate of drug-likeness (QED) is 0.0722. The molecular formula is C34H40ClN3O6. The molecule has 1 aromatic heterocycles. The standard InChI is InChI=1S/C34H40ClN3O6/c35-31-26(32(38-34(42)43)23-12-7-6-8-13-23)14-11-15-29(31)44-21-10-5-3-1-2-4-9-20-36-22-28(40)24-16-18-27(39)33-25(24)17-19-30(41)37-33/h6-8,11-19,28,32,36,38-40H,1-5,9-10,20-22H2,(H,37,41)(H,42,43)/t28-,32?/m0/s1. The largest absolute Gasteiger partial charge is 0.506 e. The van der Waals surface area contributed by atoms with Crippen LogP contribution in [0.2, 0.25) is 5.02 Å². The van der Waals surface area contributed by atoms with Crippen LogP contribution in [0.25, 0.3) is 10.9 Å². The summed E-state index contributed by atoms with van der Waals surface area (Å²) in [5.41, 5.74) is 2.13. The third-order valence-electron chi connectivity index (χ3n) is 7.56. The minimum atomic E-state index is -1.13. The molecule has 4 aromatic rings. The van der Waals surface area contributed by atoms with Gasteiger partial charge in [0.2, 0.25) is 5.56 Å². The number of nitrogens with one attached hydrogen (secondary N) is 3. The molecule has 0 aliphatic carbocycles. The van der Waals surface area contributed by atoms with Crippen LogP contribution in [0, 0.1) is 0 Å². The van der Waals surface area contributed by atoms with Gasteiger partial charge in [-0.3, -0.25) is 4.79 Å². The van der Waals surface area contributed by atoms with Crippen molar-refractivity contribution in [2.24, 2.45) is 0 Å². The molecule has 0 saturated heterocycles. The molecule has 0 fully saturated rings. The summed E-state index contributed by atoms with van der Waals surface area (Å²) >= 11 is 6.66. The molecule has 1 amide bonds. The number of fused-ring (bicyclic) bond motifs is 1. The van der Waals surface area contributed by atoms with Gasteiger partial charge in [-0.2, -0.15) is 0 Å². The van der Waals surface area contributed by atoms with E-state index in [2.05, 4.69) is 15.6 Å². The Morgan fingerprint density at radius 3 is 2.34 bits per heavy atom. The van der Waals surface area contributed by atoms with Crippen molar-refractivity contribution in [1.82, 2.24) is 15.6 Å². The van der Waals surface area contributed by atoms with Gasteiger partial charge in [0.15, 0.2) is 0 Å². The number of rotatable bonds is 17. The van der Waals surface area contributed by atoms with Crippen molar-refractivity contribution in [1.29, 1.82) is 0 Å². The van der Waals surface area contributed by atoms with Gasteiger partial charge in [-0.25, -0.2) is 4.79 Å². The lowest BCUT2D eigenvalue weighted by atomic mass is 9.98. The number of unbranched alkanes of at least 4 members (excludes halogenated alkanes) is 6. The van der Waals surface area contributed by atoms with Crippen molar-refractivity contribution in [3.8, 4) is 11.5 Å². The van der Waals surface area contributed by atoms with E-state index < -0.39 is 18.2 Å². The van der Waals surface area contributed by atoms with Crippen LogP contribution in [-0.4, -0.2) is 46.1 Å². The van der Waals surface area contributed by atoms with Crippen molar-refractivity contribution < 1.29 is 24.9 Å². The number of pyridine rings is 1. The van der Waals surface area contributed by atoms with Crippen LogP contribution in [0.15, 0.2) is 77.6 Å². The summed E-state index contributed by atoms with van der Waals surface area (Å²) < 4.78 is 5.96. The number of aromatic nitrogens is 1. The van der Waals surface area contributed by atoms with Gasteiger partial charge < -0.3 is 35.7 Å². The van der Waals surface area contributed by atoms with E-state index in [1.54, 1.807) is 18.2 Å². The van der Waals surface area contributed by atoms with Gasteiger partial charge in [0, 0.05) is 23.6 Å². The SMILES string of the molecule is O=C(O)NC(c1ccccc1)c1cccc(OCCCCCCCCCNC[C@H](O)c2ccc(O)c3[nH]c(=O)ccc23)c1Cl. The Kier molecular flexibility index (Phi) is 12.5. The minimum absolute atomic E-state index is 0.0201. The molecule has 4 rings (SSSR count). The number of aliphatic hydroxyl groups is 1. The van der Waals surface area contributed by atoms with Crippen molar-refractivity contribution in [2.45, 2.75) is 57.1 Å². The molecule has 0 bridgehead atoms. The molecule has 234 valence electrons. The zero-order valence-electron chi connectivity index (χ0n) is 24.6. The summed E-state index contributed by atoms with van der Waals surface area (Å²) in [6, 6.07) is 20.3. The highest BCUT2D eigenvalue weighted by Crippen LogP contribution is 2.35. The van der Waals surface area contributed by atoms with Gasteiger partial charge in [0.1, 0.15) is 11.5 Å². The van der Waals surface area contributed by atoms with Gasteiger partial charge >= 0.3 is 6.09 Å². The Bertz CT molecular complexity index is 1560. The Labute approximate surface area is 261 Å². The Hall–Kier alpha value is -4.05. The zero-order chi connectivity index (χ0) is 31.3.